The zero-order valence-electron chi connectivity index (χ0n) is 12.4. The molecule has 0 aliphatic rings. The average Bonchev–Trinajstić information content (AvgIpc) is 3.01. The van der Waals surface area contributed by atoms with Crippen molar-refractivity contribution < 1.29 is 9.53 Å². The Balaban J connectivity index is 1.67. The third-order valence-electron chi connectivity index (χ3n) is 3.16. The van der Waals surface area contributed by atoms with E-state index in [-0.39, 0.29) is 12.5 Å². The SMILES string of the molecule is O=C(COc1ccc(Cl)cc1)Nc1ccccc1-n1cc(Br)cn1. The highest BCUT2D eigenvalue weighted by atomic mass is 79.9. The maximum absolute atomic E-state index is 12.1. The number of carbonyl (C=O) groups is 1. The van der Waals surface area contributed by atoms with Gasteiger partial charge in [-0.3, -0.25) is 4.79 Å². The van der Waals surface area contributed by atoms with Crippen LogP contribution < -0.4 is 10.1 Å². The van der Waals surface area contributed by atoms with Crippen LogP contribution in [0.5, 0.6) is 5.75 Å². The number of halogens is 2. The van der Waals surface area contributed by atoms with E-state index >= 15 is 0 Å². The Bertz CT molecular complexity index is 849. The van der Waals surface area contributed by atoms with E-state index in [0.29, 0.717) is 16.5 Å². The van der Waals surface area contributed by atoms with Crippen molar-refractivity contribution in [3.05, 3.63) is 70.4 Å². The summed E-state index contributed by atoms with van der Waals surface area (Å²) >= 11 is 9.17. The maximum atomic E-state index is 12.1. The Kier molecular flexibility index (Phi) is 5.17. The first kappa shape index (κ1) is 16.5. The summed E-state index contributed by atoms with van der Waals surface area (Å²) in [4.78, 5) is 12.1. The lowest BCUT2D eigenvalue weighted by Crippen LogP contribution is -2.21. The van der Waals surface area contributed by atoms with Gasteiger partial charge in [-0.15, -0.1) is 0 Å². The van der Waals surface area contributed by atoms with E-state index in [1.165, 1.54) is 0 Å². The normalized spacial score (nSPS) is 10.4. The molecule has 0 spiro atoms. The molecule has 0 atom stereocenters. The van der Waals surface area contributed by atoms with Gasteiger partial charge in [0.25, 0.3) is 5.91 Å². The third-order valence-corrected chi connectivity index (χ3v) is 3.82. The molecule has 0 fully saturated rings. The van der Waals surface area contributed by atoms with Gasteiger partial charge in [-0.1, -0.05) is 23.7 Å². The van der Waals surface area contributed by atoms with Gasteiger partial charge in [-0.25, -0.2) is 4.68 Å². The Morgan fingerprint density at radius 2 is 1.96 bits per heavy atom. The first-order valence-corrected chi connectivity index (χ1v) is 8.27. The zero-order chi connectivity index (χ0) is 16.9. The molecule has 0 unspecified atom stereocenters. The Hall–Kier alpha value is -2.31. The van der Waals surface area contributed by atoms with Crippen molar-refractivity contribution >= 4 is 39.1 Å². The van der Waals surface area contributed by atoms with Crippen LogP contribution in [0.25, 0.3) is 5.69 Å². The van der Waals surface area contributed by atoms with Crippen LogP contribution in [-0.2, 0) is 4.79 Å². The lowest BCUT2D eigenvalue weighted by Gasteiger charge is -2.11. The van der Waals surface area contributed by atoms with Crippen LogP contribution in [0.2, 0.25) is 5.02 Å². The molecule has 0 saturated carbocycles. The number of nitrogens with zero attached hydrogens (tertiary/aromatic N) is 2. The van der Waals surface area contributed by atoms with E-state index in [9.17, 15) is 4.79 Å². The van der Waals surface area contributed by atoms with E-state index in [1.54, 1.807) is 35.1 Å². The minimum atomic E-state index is -0.261. The van der Waals surface area contributed by atoms with E-state index < -0.39 is 0 Å². The topological polar surface area (TPSA) is 56.1 Å². The second-order valence-corrected chi connectivity index (χ2v) is 6.26. The summed E-state index contributed by atoms with van der Waals surface area (Å²) in [6, 6.07) is 14.2. The van der Waals surface area contributed by atoms with Crippen LogP contribution >= 0.6 is 27.5 Å². The zero-order valence-corrected chi connectivity index (χ0v) is 14.8. The Morgan fingerprint density at radius 3 is 2.67 bits per heavy atom. The molecule has 0 radical (unpaired) electrons. The fourth-order valence-corrected chi connectivity index (χ4v) is 2.49. The van der Waals surface area contributed by atoms with Gasteiger partial charge in [0.1, 0.15) is 5.75 Å². The quantitative estimate of drug-likeness (QED) is 0.687. The molecule has 0 bridgehead atoms. The first-order chi connectivity index (χ1) is 11.6. The van der Waals surface area contributed by atoms with Crippen LogP contribution in [0.1, 0.15) is 0 Å². The van der Waals surface area contributed by atoms with Gasteiger partial charge in [0.15, 0.2) is 6.61 Å². The lowest BCUT2D eigenvalue weighted by molar-refractivity contribution is -0.118. The monoisotopic (exact) mass is 405 g/mol. The van der Waals surface area contributed by atoms with Crippen molar-refractivity contribution in [2.45, 2.75) is 0 Å². The standard InChI is InChI=1S/C17H13BrClN3O2/c18-12-9-20-22(10-12)16-4-2-1-3-15(16)21-17(23)11-24-14-7-5-13(19)6-8-14/h1-10H,11H2,(H,21,23). The molecule has 1 amide bonds. The number of para-hydroxylation sites is 2. The van der Waals surface area contributed by atoms with Crippen molar-refractivity contribution in [2.75, 3.05) is 11.9 Å². The number of nitrogens with one attached hydrogen (secondary N) is 1. The highest BCUT2D eigenvalue weighted by molar-refractivity contribution is 9.10. The number of carbonyl (C=O) groups excluding carboxylic acids is 1. The van der Waals surface area contributed by atoms with Crippen LogP contribution in [0.15, 0.2) is 65.4 Å². The molecule has 3 rings (SSSR count). The molecule has 0 aliphatic heterocycles. The molecule has 3 aromatic rings. The van der Waals surface area contributed by atoms with E-state index in [1.807, 2.05) is 30.5 Å². The molecule has 0 aliphatic carbocycles. The van der Waals surface area contributed by atoms with E-state index in [4.69, 9.17) is 16.3 Å². The van der Waals surface area contributed by atoms with Crippen LogP contribution in [0.3, 0.4) is 0 Å². The number of aromatic nitrogens is 2. The number of hydrogen-bond donors (Lipinski definition) is 1. The summed E-state index contributed by atoms with van der Waals surface area (Å²) in [6.07, 6.45) is 3.50. The van der Waals surface area contributed by atoms with E-state index in [0.717, 1.165) is 10.2 Å². The average molecular weight is 407 g/mol. The highest BCUT2D eigenvalue weighted by Crippen LogP contribution is 2.21. The molecular weight excluding hydrogens is 394 g/mol. The van der Waals surface area contributed by atoms with E-state index in [2.05, 4.69) is 26.3 Å². The minimum Gasteiger partial charge on any atom is -0.484 e. The van der Waals surface area contributed by atoms with Gasteiger partial charge in [-0.2, -0.15) is 5.10 Å². The minimum absolute atomic E-state index is 0.0984. The second kappa shape index (κ2) is 7.51. The number of benzene rings is 2. The van der Waals surface area contributed by atoms with Crippen LogP contribution in [0.4, 0.5) is 5.69 Å². The van der Waals surface area contributed by atoms with Crippen molar-refractivity contribution in [1.29, 1.82) is 0 Å². The smallest absolute Gasteiger partial charge is 0.262 e. The van der Waals surface area contributed by atoms with Gasteiger partial charge < -0.3 is 10.1 Å². The van der Waals surface area contributed by atoms with Crippen LogP contribution in [-0.4, -0.2) is 22.3 Å². The molecule has 2 aromatic carbocycles. The molecule has 5 nitrogen and oxygen atoms in total. The molecule has 1 aromatic heterocycles. The largest absolute Gasteiger partial charge is 0.484 e. The molecule has 7 heteroatoms. The van der Waals surface area contributed by atoms with Gasteiger partial charge in [-0.05, 0) is 52.3 Å². The number of anilines is 1. The fraction of sp³-hybridized carbons (Fsp3) is 0.0588. The first-order valence-electron chi connectivity index (χ1n) is 7.09. The van der Waals surface area contributed by atoms with Gasteiger partial charge in [0.05, 0.1) is 22.0 Å². The Morgan fingerprint density at radius 1 is 1.21 bits per heavy atom. The third kappa shape index (κ3) is 4.15. The summed E-state index contributed by atoms with van der Waals surface area (Å²) in [5, 5.41) is 7.68. The molecule has 1 N–H and O–H groups in total. The second-order valence-electron chi connectivity index (χ2n) is 4.91. The Labute approximate surface area is 152 Å². The summed E-state index contributed by atoms with van der Waals surface area (Å²) < 4.78 is 7.98. The molecule has 0 saturated heterocycles. The summed E-state index contributed by atoms with van der Waals surface area (Å²) in [5.41, 5.74) is 1.42. The van der Waals surface area contributed by atoms with Crippen molar-refractivity contribution in [2.24, 2.45) is 0 Å². The number of rotatable bonds is 5. The number of ether oxygens (including phenoxy) is 1. The predicted octanol–water partition coefficient (Wildman–Crippen LogP) is 4.31. The molecular formula is C17H13BrClN3O2. The van der Waals surface area contributed by atoms with Crippen molar-refractivity contribution in [3.8, 4) is 11.4 Å². The maximum Gasteiger partial charge on any atom is 0.262 e. The van der Waals surface area contributed by atoms with Gasteiger partial charge in [0.2, 0.25) is 0 Å². The number of hydrogen-bond acceptors (Lipinski definition) is 3. The summed E-state index contributed by atoms with van der Waals surface area (Å²) in [6.45, 7) is -0.0984. The van der Waals surface area contributed by atoms with Crippen molar-refractivity contribution in [3.63, 3.8) is 0 Å². The predicted molar refractivity (Wildman–Crippen MR) is 96.8 cm³/mol. The van der Waals surface area contributed by atoms with Crippen molar-refractivity contribution in [1.82, 2.24) is 9.78 Å². The molecule has 1 heterocycles. The highest BCUT2D eigenvalue weighted by Gasteiger charge is 2.09. The summed E-state index contributed by atoms with van der Waals surface area (Å²) in [7, 11) is 0. The number of amides is 1. The molecule has 122 valence electrons. The van der Waals surface area contributed by atoms with Crippen LogP contribution in [0, 0.1) is 0 Å². The fourth-order valence-electron chi connectivity index (χ4n) is 2.08. The van der Waals surface area contributed by atoms with Gasteiger partial charge in [0, 0.05) is 11.2 Å². The lowest BCUT2D eigenvalue weighted by atomic mass is 10.2. The van der Waals surface area contributed by atoms with Gasteiger partial charge >= 0.3 is 0 Å². The molecule has 24 heavy (non-hydrogen) atoms. The summed E-state index contributed by atoms with van der Waals surface area (Å²) in [5.74, 6) is 0.322.